The molecule has 3 heteroatoms. The van der Waals surface area contributed by atoms with Crippen LogP contribution >= 0.6 is 0 Å². The zero-order chi connectivity index (χ0) is 13.9. The van der Waals surface area contributed by atoms with Crippen molar-refractivity contribution in [3.63, 3.8) is 0 Å². The maximum Gasteiger partial charge on any atom is 0.0728 e. The van der Waals surface area contributed by atoms with E-state index in [1.165, 1.54) is 19.4 Å². The van der Waals surface area contributed by atoms with Gasteiger partial charge in [0.25, 0.3) is 0 Å². The molecule has 3 N–H and O–H groups in total. The fourth-order valence-corrected chi connectivity index (χ4v) is 4.44. The SMILES string of the molecule is CCCN1CCCC(O)(C2(CN)CCC(C)C2)CC1. The molecule has 1 aliphatic carbocycles. The Balaban J connectivity index is 2.08. The van der Waals surface area contributed by atoms with Gasteiger partial charge >= 0.3 is 0 Å². The monoisotopic (exact) mass is 268 g/mol. The van der Waals surface area contributed by atoms with E-state index >= 15 is 0 Å². The number of hydrogen-bond donors (Lipinski definition) is 2. The summed E-state index contributed by atoms with van der Waals surface area (Å²) >= 11 is 0. The molecule has 2 fully saturated rings. The predicted octanol–water partition coefficient (Wildman–Crippen LogP) is 2.38. The van der Waals surface area contributed by atoms with Crippen LogP contribution in [0.2, 0.25) is 0 Å². The van der Waals surface area contributed by atoms with E-state index in [2.05, 4.69) is 18.7 Å². The van der Waals surface area contributed by atoms with Gasteiger partial charge in [0.2, 0.25) is 0 Å². The van der Waals surface area contributed by atoms with Crippen LogP contribution in [0.25, 0.3) is 0 Å². The van der Waals surface area contributed by atoms with Gasteiger partial charge in [-0.2, -0.15) is 0 Å². The van der Waals surface area contributed by atoms with Gasteiger partial charge in [0.1, 0.15) is 0 Å². The minimum absolute atomic E-state index is 0.00532. The topological polar surface area (TPSA) is 49.5 Å². The maximum absolute atomic E-state index is 11.3. The third-order valence-corrected chi connectivity index (χ3v) is 5.68. The van der Waals surface area contributed by atoms with Crippen LogP contribution in [-0.4, -0.2) is 41.8 Å². The van der Waals surface area contributed by atoms with Crippen molar-refractivity contribution >= 4 is 0 Å². The quantitative estimate of drug-likeness (QED) is 0.823. The Kier molecular flexibility index (Phi) is 4.91. The van der Waals surface area contributed by atoms with E-state index in [9.17, 15) is 5.11 Å². The summed E-state index contributed by atoms with van der Waals surface area (Å²) in [6.07, 6.45) is 7.65. The lowest BCUT2D eigenvalue weighted by molar-refractivity contribution is -0.0899. The zero-order valence-electron chi connectivity index (χ0n) is 12.8. The van der Waals surface area contributed by atoms with Crippen molar-refractivity contribution in [2.24, 2.45) is 17.1 Å². The molecular weight excluding hydrogens is 236 g/mol. The number of rotatable bonds is 4. The summed E-state index contributed by atoms with van der Waals surface area (Å²) in [7, 11) is 0. The first-order valence-corrected chi connectivity index (χ1v) is 8.20. The van der Waals surface area contributed by atoms with Crippen molar-refractivity contribution in [3.8, 4) is 0 Å². The highest BCUT2D eigenvalue weighted by atomic mass is 16.3. The first-order chi connectivity index (χ1) is 9.05. The van der Waals surface area contributed by atoms with E-state index in [0.29, 0.717) is 6.54 Å². The number of hydrogen-bond acceptors (Lipinski definition) is 3. The Morgan fingerprint density at radius 2 is 2.05 bits per heavy atom. The molecule has 2 rings (SSSR count). The van der Waals surface area contributed by atoms with Crippen molar-refractivity contribution in [1.29, 1.82) is 0 Å². The van der Waals surface area contributed by atoms with Crippen LogP contribution in [-0.2, 0) is 0 Å². The molecule has 19 heavy (non-hydrogen) atoms. The molecule has 1 aliphatic heterocycles. The molecule has 0 aromatic carbocycles. The van der Waals surface area contributed by atoms with Gasteiger partial charge in [-0.3, -0.25) is 0 Å². The lowest BCUT2D eigenvalue weighted by atomic mass is 9.66. The Bertz CT molecular complexity index is 296. The Morgan fingerprint density at radius 1 is 1.26 bits per heavy atom. The highest BCUT2D eigenvalue weighted by Crippen LogP contribution is 2.52. The van der Waals surface area contributed by atoms with E-state index in [1.54, 1.807) is 0 Å². The standard InChI is InChI=1S/C16H32N2O/c1-3-9-18-10-4-6-16(19,8-11-18)15(13-17)7-5-14(2)12-15/h14,19H,3-13,17H2,1-2H3. The van der Waals surface area contributed by atoms with Gasteiger partial charge in [0.15, 0.2) is 0 Å². The molecule has 0 spiro atoms. The van der Waals surface area contributed by atoms with Crippen LogP contribution < -0.4 is 5.73 Å². The number of aliphatic hydroxyl groups is 1. The lowest BCUT2D eigenvalue weighted by Crippen LogP contribution is -2.51. The molecule has 112 valence electrons. The molecule has 3 atom stereocenters. The molecule has 0 bridgehead atoms. The average molecular weight is 268 g/mol. The molecule has 1 saturated heterocycles. The van der Waals surface area contributed by atoms with Crippen LogP contribution in [0.3, 0.4) is 0 Å². The van der Waals surface area contributed by atoms with Gasteiger partial charge in [0.05, 0.1) is 5.60 Å². The normalized spacial score (nSPS) is 41.4. The van der Waals surface area contributed by atoms with Gasteiger partial charge in [0, 0.05) is 18.5 Å². The smallest absolute Gasteiger partial charge is 0.0728 e. The molecule has 3 unspecified atom stereocenters. The first kappa shape index (κ1) is 15.3. The Morgan fingerprint density at radius 3 is 2.63 bits per heavy atom. The minimum Gasteiger partial charge on any atom is -0.389 e. The first-order valence-electron chi connectivity index (χ1n) is 8.20. The van der Waals surface area contributed by atoms with E-state index in [4.69, 9.17) is 5.73 Å². The molecule has 0 radical (unpaired) electrons. The van der Waals surface area contributed by atoms with Crippen molar-refractivity contribution in [3.05, 3.63) is 0 Å². The Hall–Kier alpha value is -0.120. The van der Waals surface area contributed by atoms with E-state index in [1.807, 2.05) is 0 Å². The van der Waals surface area contributed by atoms with Gasteiger partial charge in [-0.1, -0.05) is 20.3 Å². The molecule has 3 nitrogen and oxygen atoms in total. The van der Waals surface area contributed by atoms with Gasteiger partial charge in [-0.15, -0.1) is 0 Å². The van der Waals surface area contributed by atoms with Crippen LogP contribution in [0.1, 0.15) is 58.8 Å². The van der Waals surface area contributed by atoms with E-state index in [0.717, 1.165) is 51.1 Å². The minimum atomic E-state index is -0.519. The summed E-state index contributed by atoms with van der Waals surface area (Å²) in [5, 5.41) is 11.3. The summed E-state index contributed by atoms with van der Waals surface area (Å²) in [4.78, 5) is 2.51. The van der Waals surface area contributed by atoms with Crippen molar-refractivity contribution in [1.82, 2.24) is 4.90 Å². The fraction of sp³-hybridized carbons (Fsp3) is 1.00. The largest absolute Gasteiger partial charge is 0.389 e. The Labute approximate surface area is 118 Å². The molecule has 1 saturated carbocycles. The van der Waals surface area contributed by atoms with Crippen molar-refractivity contribution in [2.45, 2.75) is 64.4 Å². The number of nitrogens with two attached hydrogens (primary N) is 1. The number of nitrogens with zero attached hydrogens (tertiary/aromatic N) is 1. The summed E-state index contributed by atoms with van der Waals surface area (Å²) in [6, 6.07) is 0. The van der Waals surface area contributed by atoms with Gasteiger partial charge in [-0.05, 0) is 57.5 Å². The van der Waals surface area contributed by atoms with Gasteiger partial charge in [-0.25, -0.2) is 0 Å². The molecule has 0 amide bonds. The zero-order valence-corrected chi connectivity index (χ0v) is 12.8. The summed E-state index contributed by atoms with van der Waals surface area (Å²) in [5.41, 5.74) is 5.59. The second kappa shape index (κ2) is 6.11. The summed E-state index contributed by atoms with van der Waals surface area (Å²) < 4.78 is 0. The third-order valence-electron chi connectivity index (χ3n) is 5.68. The molecule has 0 aromatic heterocycles. The maximum atomic E-state index is 11.3. The van der Waals surface area contributed by atoms with Gasteiger partial charge < -0.3 is 15.7 Å². The second-order valence-corrected chi connectivity index (χ2v) is 7.06. The predicted molar refractivity (Wildman–Crippen MR) is 80.0 cm³/mol. The van der Waals surface area contributed by atoms with E-state index < -0.39 is 5.60 Å². The fourth-order valence-electron chi connectivity index (χ4n) is 4.44. The average Bonchev–Trinajstić information content (AvgIpc) is 2.69. The van der Waals surface area contributed by atoms with Crippen LogP contribution in [0.4, 0.5) is 0 Å². The van der Waals surface area contributed by atoms with Crippen molar-refractivity contribution in [2.75, 3.05) is 26.2 Å². The second-order valence-electron chi connectivity index (χ2n) is 7.06. The van der Waals surface area contributed by atoms with Crippen LogP contribution in [0, 0.1) is 11.3 Å². The third kappa shape index (κ3) is 2.98. The van der Waals surface area contributed by atoms with Crippen LogP contribution in [0.5, 0.6) is 0 Å². The molecular formula is C16H32N2O. The summed E-state index contributed by atoms with van der Waals surface area (Å²) in [6.45, 7) is 8.55. The van der Waals surface area contributed by atoms with Crippen LogP contribution in [0.15, 0.2) is 0 Å². The molecule has 2 aliphatic rings. The van der Waals surface area contributed by atoms with E-state index in [-0.39, 0.29) is 5.41 Å². The summed E-state index contributed by atoms with van der Waals surface area (Å²) in [5.74, 6) is 0.725. The molecule has 1 heterocycles. The molecule has 0 aromatic rings. The van der Waals surface area contributed by atoms with Crippen molar-refractivity contribution < 1.29 is 5.11 Å². The number of likely N-dealkylation sites (tertiary alicyclic amines) is 1. The highest BCUT2D eigenvalue weighted by Gasteiger charge is 2.52. The highest BCUT2D eigenvalue weighted by molar-refractivity contribution is 5.04. The lowest BCUT2D eigenvalue weighted by Gasteiger charge is -2.45.